The van der Waals surface area contributed by atoms with Crippen LogP contribution in [0, 0.1) is 6.92 Å². The Labute approximate surface area is 172 Å². The van der Waals surface area contributed by atoms with Crippen molar-refractivity contribution in [3.05, 3.63) is 65.5 Å². The van der Waals surface area contributed by atoms with Gasteiger partial charge in [-0.25, -0.2) is 4.98 Å². The number of halogens is 3. The number of benzene rings is 2. The molecule has 1 saturated heterocycles. The van der Waals surface area contributed by atoms with E-state index in [-0.39, 0.29) is 18.0 Å². The summed E-state index contributed by atoms with van der Waals surface area (Å²) in [4.78, 5) is 20.4. The first-order valence-electron chi connectivity index (χ1n) is 9.89. The lowest BCUT2D eigenvalue weighted by Gasteiger charge is -2.35. The van der Waals surface area contributed by atoms with Crippen LogP contribution in [-0.4, -0.2) is 51.4 Å². The first kappa shape index (κ1) is 20.4. The number of rotatable bonds is 4. The number of fused-ring (bicyclic) bond motifs is 1. The molecule has 1 aliphatic rings. The molecule has 0 saturated carbocycles. The highest BCUT2D eigenvalue weighted by Crippen LogP contribution is 2.31. The molecule has 0 N–H and O–H groups in total. The smallest absolute Gasteiger partial charge is 0.339 e. The molecule has 4 rings (SSSR count). The second-order valence-corrected chi connectivity index (χ2v) is 7.65. The summed E-state index contributed by atoms with van der Waals surface area (Å²) in [6.45, 7) is 4.86. The Bertz CT molecular complexity index is 1050. The number of aryl methyl sites for hydroxylation is 1. The molecule has 0 bridgehead atoms. The largest absolute Gasteiger partial charge is 0.449 e. The maximum Gasteiger partial charge on any atom is 0.449 e. The molecule has 1 aromatic heterocycles. The van der Waals surface area contributed by atoms with Gasteiger partial charge in [0, 0.05) is 32.7 Å². The van der Waals surface area contributed by atoms with Gasteiger partial charge in [-0.2, -0.15) is 13.2 Å². The van der Waals surface area contributed by atoms with Gasteiger partial charge in [0.2, 0.25) is 11.7 Å². The zero-order valence-corrected chi connectivity index (χ0v) is 16.7. The molecule has 5 nitrogen and oxygen atoms in total. The summed E-state index contributed by atoms with van der Waals surface area (Å²) < 4.78 is 41.3. The first-order chi connectivity index (χ1) is 14.3. The number of amides is 1. The van der Waals surface area contributed by atoms with Gasteiger partial charge in [0.15, 0.2) is 0 Å². The Kier molecular flexibility index (Phi) is 5.51. The third-order valence-corrected chi connectivity index (χ3v) is 5.42. The second-order valence-electron chi connectivity index (χ2n) is 7.65. The molecule has 8 heteroatoms. The number of nitrogens with zero attached hydrogens (tertiary/aromatic N) is 4. The van der Waals surface area contributed by atoms with Crippen LogP contribution in [0.5, 0.6) is 0 Å². The monoisotopic (exact) mass is 416 g/mol. The Morgan fingerprint density at radius 3 is 2.47 bits per heavy atom. The molecule has 3 aromatic rings. The molecule has 0 aliphatic carbocycles. The first-order valence-corrected chi connectivity index (χ1v) is 9.89. The minimum atomic E-state index is -4.62. The summed E-state index contributed by atoms with van der Waals surface area (Å²) in [5.74, 6) is -1.35. The second kappa shape index (κ2) is 8.10. The van der Waals surface area contributed by atoms with Crippen LogP contribution in [0.1, 0.15) is 17.0 Å². The number of alkyl halides is 3. The van der Waals surface area contributed by atoms with Crippen molar-refractivity contribution in [3.63, 3.8) is 0 Å². The summed E-state index contributed by atoms with van der Waals surface area (Å²) in [5, 5.41) is 0. The Balaban J connectivity index is 1.43. The van der Waals surface area contributed by atoms with Crippen molar-refractivity contribution in [2.24, 2.45) is 0 Å². The normalized spacial score (nSPS) is 15.7. The van der Waals surface area contributed by atoms with Crippen molar-refractivity contribution in [1.82, 2.24) is 19.4 Å². The average molecular weight is 416 g/mol. The standard InChI is InChI=1S/C22H23F3N4O/c1-16-5-4-6-17(13-16)14-27-9-11-28(12-10-27)20(30)15-29-19-8-3-2-7-18(19)26-21(29)22(23,24)25/h2-8,13H,9-12,14-15H2,1H3. The topological polar surface area (TPSA) is 41.4 Å². The van der Waals surface area contributed by atoms with Crippen molar-refractivity contribution in [3.8, 4) is 0 Å². The quantitative estimate of drug-likeness (QED) is 0.651. The number of hydrogen-bond acceptors (Lipinski definition) is 3. The molecule has 0 radical (unpaired) electrons. The molecule has 158 valence electrons. The van der Waals surface area contributed by atoms with E-state index >= 15 is 0 Å². The van der Waals surface area contributed by atoms with Gasteiger partial charge in [0.25, 0.3) is 0 Å². The number of carbonyl (C=O) groups is 1. The average Bonchev–Trinajstić information content (AvgIpc) is 3.08. The van der Waals surface area contributed by atoms with Crippen LogP contribution in [0.25, 0.3) is 11.0 Å². The molecule has 1 amide bonds. The lowest BCUT2D eigenvalue weighted by molar-refractivity contribution is -0.148. The number of carbonyl (C=O) groups excluding carboxylic acids is 1. The molecule has 2 heterocycles. The molecule has 0 spiro atoms. The van der Waals surface area contributed by atoms with Crippen LogP contribution in [0.15, 0.2) is 48.5 Å². The molecule has 2 aromatic carbocycles. The third-order valence-electron chi connectivity index (χ3n) is 5.42. The number of piperazine rings is 1. The van der Waals surface area contributed by atoms with E-state index in [4.69, 9.17) is 0 Å². The van der Waals surface area contributed by atoms with Crippen LogP contribution in [0.2, 0.25) is 0 Å². The van der Waals surface area contributed by atoms with Gasteiger partial charge in [-0.1, -0.05) is 42.0 Å². The highest BCUT2D eigenvalue weighted by atomic mass is 19.4. The fourth-order valence-electron chi connectivity index (χ4n) is 3.91. The number of aromatic nitrogens is 2. The summed E-state index contributed by atoms with van der Waals surface area (Å²) in [6, 6.07) is 14.7. The van der Waals surface area contributed by atoms with Gasteiger partial charge < -0.3 is 9.47 Å². The highest BCUT2D eigenvalue weighted by Gasteiger charge is 2.38. The van der Waals surface area contributed by atoms with Gasteiger partial charge in [-0.05, 0) is 24.6 Å². The Morgan fingerprint density at radius 1 is 1.03 bits per heavy atom. The fourth-order valence-corrected chi connectivity index (χ4v) is 3.91. The summed E-state index contributed by atoms with van der Waals surface area (Å²) in [5.41, 5.74) is 2.97. The summed E-state index contributed by atoms with van der Waals surface area (Å²) in [6.07, 6.45) is -4.62. The van der Waals surface area contributed by atoms with E-state index in [0.29, 0.717) is 31.7 Å². The van der Waals surface area contributed by atoms with E-state index in [2.05, 4.69) is 35.0 Å². The van der Waals surface area contributed by atoms with Gasteiger partial charge in [-0.3, -0.25) is 9.69 Å². The molecular weight excluding hydrogens is 393 g/mol. The molecule has 0 atom stereocenters. The van der Waals surface area contributed by atoms with Crippen molar-refractivity contribution >= 4 is 16.9 Å². The molecule has 30 heavy (non-hydrogen) atoms. The van der Waals surface area contributed by atoms with Gasteiger partial charge in [-0.15, -0.1) is 0 Å². The summed E-state index contributed by atoms with van der Waals surface area (Å²) in [7, 11) is 0. The predicted molar refractivity (Wildman–Crippen MR) is 108 cm³/mol. The number of para-hydroxylation sites is 2. The van der Waals surface area contributed by atoms with Crippen LogP contribution in [0.4, 0.5) is 13.2 Å². The van der Waals surface area contributed by atoms with Crippen LogP contribution >= 0.6 is 0 Å². The third kappa shape index (κ3) is 4.33. The lowest BCUT2D eigenvalue weighted by atomic mass is 10.1. The fraction of sp³-hybridized carbons (Fsp3) is 0.364. The zero-order valence-electron chi connectivity index (χ0n) is 16.7. The van der Waals surface area contributed by atoms with E-state index < -0.39 is 12.0 Å². The maximum absolute atomic E-state index is 13.5. The molecular formula is C22H23F3N4O. The van der Waals surface area contributed by atoms with Gasteiger partial charge >= 0.3 is 6.18 Å². The summed E-state index contributed by atoms with van der Waals surface area (Å²) >= 11 is 0. The van der Waals surface area contributed by atoms with Crippen molar-refractivity contribution in [2.45, 2.75) is 26.2 Å². The number of imidazole rings is 1. The zero-order chi connectivity index (χ0) is 21.3. The maximum atomic E-state index is 13.5. The van der Waals surface area contributed by atoms with Crippen molar-refractivity contribution in [2.75, 3.05) is 26.2 Å². The lowest BCUT2D eigenvalue weighted by Crippen LogP contribution is -2.49. The SMILES string of the molecule is Cc1cccc(CN2CCN(C(=O)Cn3c(C(F)(F)F)nc4ccccc43)CC2)c1. The minimum absolute atomic E-state index is 0.237. The van der Waals surface area contributed by atoms with E-state index in [1.54, 1.807) is 23.1 Å². The Morgan fingerprint density at radius 2 is 1.77 bits per heavy atom. The minimum Gasteiger partial charge on any atom is -0.339 e. The van der Waals surface area contributed by atoms with E-state index in [1.165, 1.54) is 17.2 Å². The van der Waals surface area contributed by atoms with Crippen LogP contribution < -0.4 is 0 Å². The predicted octanol–water partition coefficient (Wildman–Crippen LogP) is 3.71. The molecule has 1 fully saturated rings. The Hall–Kier alpha value is -2.87. The van der Waals surface area contributed by atoms with E-state index in [9.17, 15) is 18.0 Å². The van der Waals surface area contributed by atoms with Crippen molar-refractivity contribution in [1.29, 1.82) is 0 Å². The van der Waals surface area contributed by atoms with E-state index in [1.807, 2.05) is 6.07 Å². The molecule has 0 unspecified atom stereocenters. The van der Waals surface area contributed by atoms with Crippen LogP contribution in [-0.2, 0) is 24.1 Å². The van der Waals surface area contributed by atoms with Gasteiger partial charge in [0.1, 0.15) is 6.54 Å². The number of hydrogen-bond donors (Lipinski definition) is 0. The highest BCUT2D eigenvalue weighted by molar-refractivity contribution is 5.81. The van der Waals surface area contributed by atoms with Gasteiger partial charge in [0.05, 0.1) is 11.0 Å². The molecule has 1 aliphatic heterocycles. The van der Waals surface area contributed by atoms with Crippen molar-refractivity contribution < 1.29 is 18.0 Å². The van der Waals surface area contributed by atoms with Crippen LogP contribution in [0.3, 0.4) is 0 Å². The van der Waals surface area contributed by atoms with E-state index in [0.717, 1.165) is 11.1 Å².